The van der Waals surface area contributed by atoms with Crippen LogP contribution in [-0.4, -0.2) is 42.8 Å². The number of hydrogen-bond donors (Lipinski definition) is 0. The average molecular weight is 431 g/mol. The molecular weight excluding hydrogens is 403 g/mol. The van der Waals surface area contributed by atoms with Gasteiger partial charge in [-0.25, -0.2) is 0 Å². The van der Waals surface area contributed by atoms with E-state index in [0.29, 0.717) is 13.1 Å². The molecule has 166 valence electrons. The summed E-state index contributed by atoms with van der Waals surface area (Å²) in [6.07, 6.45) is 5.86. The first-order valence-electron chi connectivity index (χ1n) is 11.0. The fourth-order valence-corrected chi connectivity index (χ4v) is 5.17. The van der Waals surface area contributed by atoms with E-state index in [1.807, 2.05) is 0 Å². The summed E-state index contributed by atoms with van der Waals surface area (Å²) in [6.45, 7) is 3.01. The van der Waals surface area contributed by atoms with Crippen molar-refractivity contribution < 1.29 is 22.7 Å². The molecule has 6 heteroatoms. The van der Waals surface area contributed by atoms with E-state index in [4.69, 9.17) is 4.74 Å². The Kier molecular flexibility index (Phi) is 6.11. The van der Waals surface area contributed by atoms with E-state index in [1.165, 1.54) is 34.9 Å². The van der Waals surface area contributed by atoms with Gasteiger partial charge in [0.15, 0.2) is 0 Å². The van der Waals surface area contributed by atoms with Crippen LogP contribution in [0, 0.1) is 5.92 Å². The average Bonchev–Trinajstić information content (AvgIpc) is 3.05. The molecule has 2 atom stereocenters. The van der Waals surface area contributed by atoms with Crippen LogP contribution >= 0.6 is 0 Å². The second-order valence-electron chi connectivity index (χ2n) is 8.58. The van der Waals surface area contributed by atoms with Gasteiger partial charge in [0.05, 0.1) is 6.10 Å². The molecule has 1 amide bonds. The van der Waals surface area contributed by atoms with Crippen LogP contribution in [0.1, 0.15) is 43.7 Å². The third-order valence-corrected chi connectivity index (χ3v) is 6.77. The topological polar surface area (TPSA) is 29.5 Å². The number of nitrogens with zero attached hydrogens (tertiary/aromatic N) is 1. The summed E-state index contributed by atoms with van der Waals surface area (Å²) in [5.74, 6) is -1.96. The number of carbonyl (C=O) groups excluding carboxylic acids is 1. The fraction of sp³-hybridized carbons (Fsp3) is 0.480. The summed E-state index contributed by atoms with van der Waals surface area (Å²) in [4.78, 5) is 14.5. The Morgan fingerprint density at radius 3 is 2.58 bits per heavy atom. The molecule has 31 heavy (non-hydrogen) atoms. The summed E-state index contributed by atoms with van der Waals surface area (Å²) in [6, 6.07) is 8.46. The lowest BCUT2D eigenvalue weighted by molar-refractivity contribution is -0.187. The van der Waals surface area contributed by atoms with Crippen LogP contribution in [0.25, 0.3) is 6.08 Å². The molecule has 2 aliphatic carbocycles. The van der Waals surface area contributed by atoms with Crippen molar-refractivity contribution in [1.29, 1.82) is 0 Å². The van der Waals surface area contributed by atoms with Gasteiger partial charge in [0.2, 0.25) is 5.91 Å². The molecule has 1 fully saturated rings. The Morgan fingerprint density at radius 1 is 1.16 bits per heavy atom. The van der Waals surface area contributed by atoms with E-state index in [1.54, 1.807) is 4.90 Å². The van der Waals surface area contributed by atoms with Crippen LogP contribution in [0.15, 0.2) is 54.1 Å². The minimum absolute atomic E-state index is 0.0253. The van der Waals surface area contributed by atoms with Crippen molar-refractivity contribution in [3.63, 3.8) is 0 Å². The summed E-state index contributed by atoms with van der Waals surface area (Å²) in [7, 11) is 0. The summed E-state index contributed by atoms with van der Waals surface area (Å²) in [5.41, 5.74) is 4.02. The second-order valence-corrected chi connectivity index (χ2v) is 8.58. The van der Waals surface area contributed by atoms with E-state index >= 15 is 0 Å². The number of alkyl halides is 3. The predicted octanol–water partition coefficient (Wildman–Crippen LogP) is 5.43. The molecule has 2 unspecified atom stereocenters. The van der Waals surface area contributed by atoms with Gasteiger partial charge in [-0.05, 0) is 30.4 Å². The molecule has 1 spiro atoms. The van der Waals surface area contributed by atoms with Gasteiger partial charge in [-0.1, -0.05) is 73.6 Å². The van der Waals surface area contributed by atoms with Gasteiger partial charge < -0.3 is 9.64 Å². The zero-order valence-electron chi connectivity index (χ0n) is 17.7. The number of piperidine rings is 1. The third kappa shape index (κ3) is 4.22. The molecule has 0 bridgehead atoms. The van der Waals surface area contributed by atoms with Gasteiger partial charge >= 0.3 is 6.18 Å². The van der Waals surface area contributed by atoms with Crippen molar-refractivity contribution in [2.75, 3.05) is 19.7 Å². The van der Waals surface area contributed by atoms with Crippen molar-refractivity contribution in [1.82, 2.24) is 4.90 Å². The van der Waals surface area contributed by atoms with Crippen LogP contribution in [0.5, 0.6) is 0 Å². The summed E-state index contributed by atoms with van der Waals surface area (Å²) >= 11 is 0. The highest BCUT2D eigenvalue weighted by atomic mass is 19.4. The van der Waals surface area contributed by atoms with E-state index in [9.17, 15) is 18.0 Å². The highest BCUT2D eigenvalue weighted by Crippen LogP contribution is 2.50. The van der Waals surface area contributed by atoms with Crippen LogP contribution in [0.4, 0.5) is 13.2 Å². The Hall–Kier alpha value is -2.34. The first-order valence-corrected chi connectivity index (χ1v) is 11.0. The minimum atomic E-state index is -4.40. The zero-order valence-corrected chi connectivity index (χ0v) is 17.7. The van der Waals surface area contributed by atoms with Crippen LogP contribution < -0.4 is 0 Å². The molecule has 0 radical (unpaired) electrons. The molecule has 0 saturated carbocycles. The number of amides is 1. The number of halogens is 3. The first-order chi connectivity index (χ1) is 14.8. The second kappa shape index (κ2) is 8.65. The quantitative estimate of drug-likeness (QED) is 0.622. The lowest BCUT2D eigenvalue weighted by atomic mass is 9.69. The molecule has 3 aliphatic rings. The lowest BCUT2D eigenvalue weighted by Gasteiger charge is -2.42. The predicted molar refractivity (Wildman–Crippen MR) is 114 cm³/mol. The van der Waals surface area contributed by atoms with Crippen LogP contribution in [0.3, 0.4) is 0 Å². The Bertz CT molecular complexity index is 908. The molecule has 1 saturated heterocycles. The largest absolute Gasteiger partial charge is 0.397 e. The molecule has 4 rings (SSSR count). The van der Waals surface area contributed by atoms with Gasteiger partial charge in [0, 0.05) is 18.5 Å². The van der Waals surface area contributed by atoms with Crippen molar-refractivity contribution in [3.8, 4) is 0 Å². The van der Waals surface area contributed by atoms with Crippen molar-refractivity contribution in [2.24, 2.45) is 5.92 Å². The zero-order chi connectivity index (χ0) is 22.1. The van der Waals surface area contributed by atoms with Crippen molar-refractivity contribution in [3.05, 3.63) is 65.3 Å². The van der Waals surface area contributed by atoms with E-state index in [2.05, 4.69) is 37.3 Å². The monoisotopic (exact) mass is 431 g/mol. The molecule has 1 heterocycles. The van der Waals surface area contributed by atoms with Crippen LogP contribution in [-0.2, 0) is 14.9 Å². The summed E-state index contributed by atoms with van der Waals surface area (Å²) in [5, 5.41) is 0. The molecule has 1 aromatic carbocycles. The molecule has 0 aromatic heterocycles. The minimum Gasteiger partial charge on any atom is -0.363 e. The number of rotatable bonds is 5. The van der Waals surface area contributed by atoms with Crippen molar-refractivity contribution in [2.45, 2.75) is 50.3 Å². The molecule has 1 aliphatic heterocycles. The standard InChI is InChI=1S/C25H28F3NO2/c1-2-7-19-16-18-8-3-4-9-20(18)24(19)12-14-29(15-13-24)23(30)17-31-22-11-6-5-10-21(22)25(26,27)28/h3-6,8-11,16,21-22H,2,7,12-15,17H2,1H3. The highest BCUT2D eigenvalue weighted by Gasteiger charge is 2.45. The van der Waals surface area contributed by atoms with Gasteiger partial charge in [-0.3, -0.25) is 4.79 Å². The van der Waals surface area contributed by atoms with Gasteiger partial charge in [0.1, 0.15) is 12.5 Å². The maximum atomic E-state index is 13.2. The van der Waals surface area contributed by atoms with Gasteiger partial charge in [0.25, 0.3) is 0 Å². The van der Waals surface area contributed by atoms with Crippen molar-refractivity contribution >= 4 is 12.0 Å². The number of likely N-dealkylation sites (tertiary alicyclic amines) is 1. The Labute approximate surface area is 181 Å². The Balaban J connectivity index is 1.39. The first kappa shape index (κ1) is 21.9. The number of carbonyl (C=O) groups is 1. The number of allylic oxidation sites excluding steroid dienone is 3. The number of hydrogen-bond acceptors (Lipinski definition) is 2. The molecule has 0 N–H and O–H groups in total. The van der Waals surface area contributed by atoms with Crippen LogP contribution in [0.2, 0.25) is 0 Å². The normalized spacial score (nSPS) is 24.4. The fourth-order valence-electron chi connectivity index (χ4n) is 5.17. The van der Waals surface area contributed by atoms with E-state index < -0.39 is 18.2 Å². The molecule has 3 nitrogen and oxygen atoms in total. The lowest BCUT2D eigenvalue weighted by Crippen LogP contribution is -2.47. The van der Waals surface area contributed by atoms with E-state index in [0.717, 1.165) is 31.8 Å². The molecular formula is C25H28F3NO2. The highest BCUT2D eigenvalue weighted by molar-refractivity contribution is 5.78. The summed E-state index contributed by atoms with van der Waals surface area (Å²) < 4.78 is 45.0. The van der Waals surface area contributed by atoms with Gasteiger partial charge in [-0.15, -0.1) is 0 Å². The smallest absolute Gasteiger partial charge is 0.363 e. The number of fused-ring (bicyclic) bond motifs is 2. The maximum Gasteiger partial charge on any atom is 0.397 e. The maximum absolute atomic E-state index is 13.2. The van der Waals surface area contributed by atoms with E-state index in [-0.39, 0.29) is 17.9 Å². The SMILES string of the molecule is CCCC1=Cc2ccccc2C12CCN(C(=O)COC1C=CC=CC1C(F)(F)F)CC2. The van der Waals surface area contributed by atoms with Gasteiger partial charge in [-0.2, -0.15) is 13.2 Å². The Morgan fingerprint density at radius 2 is 1.87 bits per heavy atom. The molecule has 1 aromatic rings. The number of ether oxygens (including phenoxy) is 1. The third-order valence-electron chi connectivity index (χ3n) is 6.77. The number of benzene rings is 1.